The Labute approximate surface area is 181 Å². The lowest BCUT2D eigenvalue weighted by Crippen LogP contribution is -2.47. The maximum atomic E-state index is 14.2. The van der Waals surface area contributed by atoms with E-state index >= 15 is 0 Å². The molecule has 1 aliphatic carbocycles. The molecule has 0 bridgehead atoms. The van der Waals surface area contributed by atoms with E-state index < -0.39 is 0 Å². The van der Waals surface area contributed by atoms with Crippen LogP contribution in [0.15, 0.2) is 36.4 Å². The van der Waals surface area contributed by atoms with Crippen molar-refractivity contribution in [1.82, 2.24) is 9.97 Å². The number of nitrogens with zero attached hydrogens (tertiary/aromatic N) is 4. The summed E-state index contributed by atoms with van der Waals surface area (Å²) in [4.78, 5) is 14.3. The molecule has 6 nitrogen and oxygen atoms in total. The molecule has 0 amide bonds. The van der Waals surface area contributed by atoms with E-state index in [0.717, 1.165) is 61.6 Å². The van der Waals surface area contributed by atoms with Crippen LogP contribution in [0.2, 0.25) is 0 Å². The van der Waals surface area contributed by atoms with Gasteiger partial charge in [0.2, 0.25) is 0 Å². The average molecular weight is 423 g/mol. The molecule has 0 spiro atoms. The van der Waals surface area contributed by atoms with Crippen LogP contribution in [0.3, 0.4) is 0 Å². The summed E-state index contributed by atoms with van der Waals surface area (Å²) in [6.45, 7) is 2.99. The first-order chi connectivity index (χ1) is 15.2. The van der Waals surface area contributed by atoms with Crippen LogP contribution in [-0.4, -0.2) is 50.4 Å². The van der Waals surface area contributed by atoms with Crippen LogP contribution in [0.4, 0.5) is 15.9 Å². The highest BCUT2D eigenvalue weighted by Crippen LogP contribution is 2.40. The van der Waals surface area contributed by atoms with E-state index in [0.29, 0.717) is 23.1 Å². The van der Waals surface area contributed by atoms with Crippen LogP contribution < -0.4 is 19.3 Å². The van der Waals surface area contributed by atoms with Crippen molar-refractivity contribution in [3.8, 4) is 11.5 Å². The van der Waals surface area contributed by atoms with Gasteiger partial charge in [-0.15, -0.1) is 0 Å². The summed E-state index contributed by atoms with van der Waals surface area (Å²) >= 11 is 0. The third-order valence-corrected chi connectivity index (χ3v) is 6.44. The Morgan fingerprint density at radius 3 is 2.23 bits per heavy atom. The molecule has 5 rings (SSSR count). The van der Waals surface area contributed by atoms with E-state index in [-0.39, 0.29) is 5.82 Å². The van der Waals surface area contributed by atoms with Gasteiger partial charge in [-0.3, -0.25) is 0 Å². The molecule has 162 valence electrons. The number of anilines is 2. The van der Waals surface area contributed by atoms with Crippen molar-refractivity contribution >= 4 is 22.4 Å². The fraction of sp³-hybridized carbons (Fsp3) is 0.417. The van der Waals surface area contributed by atoms with Crippen LogP contribution in [-0.2, 0) is 0 Å². The van der Waals surface area contributed by atoms with E-state index in [9.17, 15) is 4.39 Å². The third-order valence-electron chi connectivity index (χ3n) is 6.44. The first kappa shape index (κ1) is 19.8. The number of aromatic nitrogens is 2. The van der Waals surface area contributed by atoms with E-state index in [4.69, 9.17) is 19.4 Å². The van der Waals surface area contributed by atoms with E-state index in [1.165, 1.54) is 12.5 Å². The summed E-state index contributed by atoms with van der Waals surface area (Å²) in [6.07, 6.45) is 3.51. The van der Waals surface area contributed by atoms with Crippen LogP contribution >= 0.6 is 0 Å². The molecule has 0 unspecified atom stereocenters. The molecule has 31 heavy (non-hydrogen) atoms. The minimum atomic E-state index is -0.174. The first-order valence-corrected chi connectivity index (χ1v) is 10.9. The van der Waals surface area contributed by atoms with Crippen molar-refractivity contribution in [2.75, 3.05) is 50.2 Å². The largest absolute Gasteiger partial charge is 0.493 e. The van der Waals surface area contributed by atoms with Gasteiger partial charge in [-0.25, -0.2) is 14.4 Å². The second-order valence-electron chi connectivity index (χ2n) is 8.18. The van der Waals surface area contributed by atoms with Crippen molar-refractivity contribution in [3.05, 3.63) is 48.0 Å². The second-order valence-corrected chi connectivity index (χ2v) is 8.18. The van der Waals surface area contributed by atoms with E-state index in [1.807, 2.05) is 24.3 Å². The Morgan fingerprint density at radius 1 is 0.903 bits per heavy atom. The molecule has 0 radical (unpaired) electrons. The van der Waals surface area contributed by atoms with Gasteiger partial charge in [-0.1, -0.05) is 18.6 Å². The number of para-hydroxylation sites is 1. The molecule has 2 aromatic carbocycles. The number of ether oxygens (including phenoxy) is 2. The highest BCUT2D eigenvalue weighted by atomic mass is 19.1. The minimum absolute atomic E-state index is 0.174. The Bertz CT molecular complexity index is 1090. The van der Waals surface area contributed by atoms with Gasteiger partial charge >= 0.3 is 0 Å². The lowest BCUT2D eigenvalue weighted by Gasteiger charge is -2.37. The van der Waals surface area contributed by atoms with Gasteiger partial charge in [0, 0.05) is 43.5 Å². The van der Waals surface area contributed by atoms with Gasteiger partial charge in [0.15, 0.2) is 11.5 Å². The van der Waals surface area contributed by atoms with Crippen molar-refractivity contribution < 1.29 is 13.9 Å². The normalized spacial score (nSPS) is 17.0. The van der Waals surface area contributed by atoms with Crippen LogP contribution in [0.25, 0.3) is 10.9 Å². The van der Waals surface area contributed by atoms with Gasteiger partial charge in [0.05, 0.1) is 25.4 Å². The van der Waals surface area contributed by atoms with Crippen LogP contribution in [0, 0.1) is 5.82 Å². The van der Waals surface area contributed by atoms with Crippen LogP contribution in [0.5, 0.6) is 11.5 Å². The minimum Gasteiger partial charge on any atom is -0.493 e. The highest BCUT2D eigenvalue weighted by molar-refractivity contribution is 5.92. The Morgan fingerprint density at radius 2 is 1.58 bits per heavy atom. The summed E-state index contributed by atoms with van der Waals surface area (Å²) < 4.78 is 25.3. The summed E-state index contributed by atoms with van der Waals surface area (Å²) in [5, 5.41) is 0.958. The average Bonchev–Trinajstić information content (AvgIpc) is 2.77. The van der Waals surface area contributed by atoms with Crippen LogP contribution in [0.1, 0.15) is 31.0 Å². The third kappa shape index (κ3) is 3.62. The zero-order valence-corrected chi connectivity index (χ0v) is 18.0. The first-order valence-electron chi connectivity index (χ1n) is 10.9. The molecule has 1 aliphatic heterocycles. The fourth-order valence-corrected chi connectivity index (χ4v) is 4.41. The highest BCUT2D eigenvalue weighted by Gasteiger charge is 2.27. The smallest absolute Gasteiger partial charge is 0.162 e. The molecule has 0 N–H and O–H groups in total. The summed E-state index contributed by atoms with van der Waals surface area (Å²) in [7, 11) is 3.28. The van der Waals surface area contributed by atoms with Gasteiger partial charge in [0.1, 0.15) is 17.5 Å². The molecule has 2 fully saturated rings. The Balaban J connectivity index is 1.50. The molecule has 2 heterocycles. The Kier molecular flexibility index (Phi) is 5.26. The van der Waals surface area contributed by atoms with Gasteiger partial charge in [-0.2, -0.15) is 0 Å². The van der Waals surface area contributed by atoms with Gasteiger partial charge in [-0.05, 0) is 31.0 Å². The molecule has 2 aliphatic rings. The molecule has 0 atom stereocenters. The zero-order chi connectivity index (χ0) is 21.4. The molecule has 1 aromatic heterocycles. The topological polar surface area (TPSA) is 50.7 Å². The van der Waals surface area contributed by atoms with Gasteiger partial charge in [0.25, 0.3) is 0 Å². The molecule has 7 heteroatoms. The standard InChI is InChI=1S/C24H27FN4O2/c1-30-21-14-17-19(15-22(21)31-2)26-23(16-6-5-7-16)27-24(17)29-12-10-28(11-13-29)20-9-4-3-8-18(20)25/h3-4,8-9,14-16H,5-7,10-13H2,1-2H3. The van der Waals surface area contributed by atoms with Crippen molar-refractivity contribution in [1.29, 1.82) is 0 Å². The lowest BCUT2D eigenvalue weighted by molar-refractivity contribution is 0.355. The quantitative estimate of drug-likeness (QED) is 0.608. The second kappa shape index (κ2) is 8.21. The predicted octanol–water partition coefficient (Wildman–Crippen LogP) is 4.38. The van der Waals surface area contributed by atoms with Crippen molar-refractivity contribution in [2.45, 2.75) is 25.2 Å². The zero-order valence-electron chi connectivity index (χ0n) is 18.0. The molecular weight excluding hydrogens is 395 g/mol. The van der Waals surface area contributed by atoms with Crippen molar-refractivity contribution in [2.24, 2.45) is 0 Å². The maximum absolute atomic E-state index is 14.2. The number of benzene rings is 2. The number of hydrogen-bond acceptors (Lipinski definition) is 6. The fourth-order valence-electron chi connectivity index (χ4n) is 4.41. The lowest BCUT2D eigenvalue weighted by atomic mass is 9.85. The SMILES string of the molecule is COc1cc2nc(C3CCC3)nc(N3CCN(c4ccccc4F)CC3)c2cc1OC. The number of rotatable bonds is 5. The number of fused-ring (bicyclic) bond motifs is 1. The van der Waals surface area contributed by atoms with Crippen molar-refractivity contribution in [3.63, 3.8) is 0 Å². The summed E-state index contributed by atoms with van der Waals surface area (Å²) in [5.74, 6) is 3.44. The van der Waals surface area contributed by atoms with E-state index in [1.54, 1.807) is 20.3 Å². The molecule has 1 saturated heterocycles. The number of halogens is 1. The van der Waals surface area contributed by atoms with Gasteiger partial charge < -0.3 is 19.3 Å². The number of hydrogen-bond donors (Lipinski definition) is 0. The molecule has 1 saturated carbocycles. The number of methoxy groups -OCH3 is 2. The summed E-state index contributed by atoms with van der Waals surface area (Å²) in [5.41, 5.74) is 1.54. The predicted molar refractivity (Wildman–Crippen MR) is 120 cm³/mol. The maximum Gasteiger partial charge on any atom is 0.162 e. The summed E-state index contributed by atoms with van der Waals surface area (Å²) in [6, 6.07) is 10.9. The molecular formula is C24H27FN4O2. The Hall–Kier alpha value is -3.09. The number of piperazine rings is 1. The molecule has 3 aromatic rings. The monoisotopic (exact) mass is 422 g/mol. The van der Waals surface area contributed by atoms with E-state index in [2.05, 4.69) is 9.80 Å².